The third-order valence-electron chi connectivity index (χ3n) is 2.86. The van der Waals surface area contributed by atoms with E-state index in [1.165, 1.54) is 23.5 Å². The van der Waals surface area contributed by atoms with Gasteiger partial charge in [0, 0.05) is 12.1 Å². The third kappa shape index (κ3) is 2.65. The minimum Gasteiger partial charge on any atom is -0.480 e. The average molecular weight is 318 g/mol. The van der Waals surface area contributed by atoms with Gasteiger partial charge in [-0.05, 0) is 29.1 Å². The van der Waals surface area contributed by atoms with E-state index in [9.17, 15) is 10.1 Å². The van der Waals surface area contributed by atoms with E-state index in [1.54, 1.807) is 30.6 Å². The number of ether oxygens (including phenoxy) is 1. The summed E-state index contributed by atoms with van der Waals surface area (Å²) in [4.78, 5) is 16.7. The summed E-state index contributed by atoms with van der Waals surface area (Å²) in [5.74, 6) is 0.539. The molecule has 0 unspecified atom stereocenters. The maximum Gasteiger partial charge on any atom is 0.269 e. The summed E-state index contributed by atoms with van der Waals surface area (Å²) in [5, 5.41) is 13.6. The van der Waals surface area contributed by atoms with Crippen molar-refractivity contribution in [1.82, 2.24) is 4.98 Å². The van der Waals surface area contributed by atoms with Crippen molar-refractivity contribution in [1.29, 1.82) is 0 Å². The van der Waals surface area contributed by atoms with Crippen LogP contribution in [0, 0.1) is 10.1 Å². The largest absolute Gasteiger partial charge is 0.480 e. The summed E-state index contributed by atoms with van der Waals surface area (Å²) in [6, 6.07) is 10.4. The number of hydrogen-bond donors (Lipinski definition) is 0. The van der Waals surface area contributed by atoms with Crippen molar-refractivity contribution >= 4 is 28.4 Å². The first-order valence-electron chi connectivity index (χ1n) is 6.02. The molecule has 0 aliphatic carbocycles. The zero-order valence-corrected chi connectivity index (χ0v) is 12.6. The van der Waals surface area contributed by atoms with Crippen LogP contribution in [0.3, 0.4) is 0 Å². The molecule has 0 fully saturated rings. The number of nitro benzene ring substituents is 1. The molecular formula is C14H10N2O3S2. The highest BCUT2D eigenvalue weighted by Gasteiger charge is 2.16. The van der Waals surface area contributed by atoms with E-state index in [0.29, 0.717) is 5.88 Å². The van der Waals surface area contributed by atoms with E-state index in [-0.39, 0.29) is 5.69 Å². The summed E-state index contributed by atoms with van der Waals surface area (Å²) < 4.78 is 5.33. The van der Waals surface area contributed by atoms with Gasteiger partial charge in [-0.1, -0.05) is 6.07 Å². The number of nitro groups is 1. The Labute approximate surface area is 128 Å². The van der Waals surface area contributed by atoms with Crippen molar-refractivity contribution < 1.29 is 9.66 Å². The Bertz CT molecular complexity index is 764. The molecule has 0 amide bonds. The summed E-state index contributed by atoms with van der Waals surface area (Å²) in [6.45, 7) is 0. The van der Waals surface area contributed by atoms with Crippen LogP contribution in [0.1, 0.15) is 0 Å². The highest BCUT2D eigenvalue weighted by atomic mass is 32.1. The molecule has 2 heterocycles. The number of benzene rings is 1. The molecule has 0 aliphatic heterocycles. The van der Waals surface area contributed by atoms with Crippen LogP contribution in [0.2, 0.25) is 0 Å². The molecule has 0 saturated carbocycles. The third-order valence-corrected chi connectivity index (χ3v) is 4.99. The van der Waals surface area contributed by atoms with Crippen LogP contribution < -0.4 is 4.74 Å². The van der Waals surface area contributed by atoms with Gasteiger partial charge in [0.25, 0.3) is 5.69 Å². The van der Waals surface area contributed by atoms with Gasteiger partial charge in [-0.2, -0.15) is 0 Å². The predicted molar refractivity (Wildman–Crippen MR) is 84.1 cm³/mol. The van der Waals surface area contributed by atoms with Crippen LogP contribution in [0.5, 0.6) is 5.88 Å². The van der Waals surface area contributed by atoms with Crippen LogP contribution in [0.25, 0.3) is 20.3 Å². The minimum atomic E-state index is -0.412. The molecule has 106 valence electrons. The lowest BCUT2D eigenvalue weighted by atomic mass is 10.2. The average Bonchev–Trinajstić information content (AvgIpc) is 3.16. The normalized spacial score (nSPS) is 10.5. The van der Waals surface area contributed by atoms with Crippen LogP contribution in [0.15, 0.2) is 41.8 Å². The number of methoxy groups -OCH3 is 1. The highest BCUT2D eigenvalue weighted by Crippen LogP contribution is 2.41. The first kappa shape index (κ1) is 13.7. The smallest absolute Gasteiger partial charge is 0.269 e. The zero-order chi connectivity index (χ0) is 14.8. The fraction of sp³-hybridized carbons (Fsp3) is 0.0714. The number of thiazole rings is 1. The second-order valence-corrected chi connectivity index (χ2v) is 6.09. The molecule has 7 heteroatoms. The van der Waals surface area contributed by atoms with E-state index >= 15 is 0 Å². The van der Waals surface area contributed by atoms with E-state index in [4.69, 9.17) is 4.74 Å². The first-order valence-corrected chi connectivity index (χ1v) is 7.72. The first-order chi connectivity index (χ1) is 10.2. The topological polar surface area (TPSA) is 65.3 Å². The minimum absolute atomic E-state index is 0.0701. The summed E-state index contributed by atoms with van der Waals surface area (Å²) >= 11 is 3.13. The van der Waals surface area contributed by atoms with E-state index in [0.717, 1.165) is 20.3 Å². The molecule has 3 rings (SSSR count). The van der Waals surface area contributed by atoms with Crippen molar-refractivity contribution in [2.24, 2.45) is 0 Å². The van der Waals surface area contributed by atoms with Crippen LogP contribution >= 0.6 is 22.7 Å². The Morgan fingerprint density at radius 1 is 1.24 bits per heavy atom. The Balaban J connectivity index is 2.03. The van der Waals surface area contributed by atoms with Gasteiger partial charge >= 0.3 is 0 Å². The molecule has 3 aromatic rings. The van der Waals surface area contributed by atoms with Crippen LogP contribution in [0.4, 0.5) is 5.69 Å². The van der Waals surface area contributed by atoms with E-state index in [2.05, 4.69) is 4.98 Å². The standard InChI is InChI=1S/C14H10N2O3S2/c1-19-13-12(9-4-6-10(7-5-9)16(17)18)21-14(15-13)11-3-2-8-20-11/h2-8H,1H3. The van der Waals surface area contributed by atoms with Crippen molar-refractivity contribution in [3.8, 4) is 26.2 Å². The highest BCUT2D eigenvalue weighted by molar-refractivity contribution is 7.23. The van der Waals surface area contributed by atoms with Gasteiger partial charge in [0.1, 0.15) is 5.01 Å². The number of non-ortho nitro benzene ring substituents is 1. The van der Waals surface area contributed by atoms with Gasteiger partial charge in [0.2, 0.25) is 5.88 Å². The molecule has 0 bridgehead atoms. The molecule has 0 radical (unpaired) electrons. The number of hydrogen-bond acceptors (Lipinski definition) is 6. The van der Waals surface area contributed by atoms with Crippen molar-refractivity contribution in [3.63, 3.8) is 0 Å². The summed E-state index contributed by atoms with van der Waals surface area (Å²) in [6.07, 6.45) is 0. The summed E-state index contributed by atoms with van der Waals surface area (Å²) in [5.41, 5.74) is 0.929. The van der Waals surface area contributed by atoms with Gasteiger partial charge in [0.15, 0.2) is 0 Å². The second-order valence-electron chi connectivity index (χ2n) is 4.14. The van der Waals surface area contributed by atoms with Gasteiger partial charge in [-0.25, -0.2) is 4.98 Å². The number of rotatable bonds is 4. The molecule has 1 aromatic carbocycles. The maximum atomic E-state index is 10.7. The Kier molecular flexibility index (Phi) is 3.68. The number of aromatic nitrogens is 1. The molecule has 0 aliphatic rings. The second kappa shape index (κ2) is 5.63. The Morgan fingerprint density at radius 3 is 2.57 bits per heavy atom. The zero-order valence-electron chi connectivity index (χ0n) is 11.0. The Morgan fingerprint density at radius 2 is 2.00 bits per heavy atom. The van der Waals surface area contributed by atoms with Gasteiger partial charge in [-0.15, -0.1) is 22.7 Å². The van der Waals surface area contributed by atoms with Gasteiger partial charge in [0.05, 0.1) is 21.8 Å². The predicted octanol–water partition coefficient (Wildman–Crippen LogP) is 4.46. The van der Waals surface area contributed by atoms with Crippen molar-refractivity contribution in [2.45, 2.75) is 0 Å². The molecule has 0 saturated heterocycles. The van der Waals surface area contributed by atoms with Gasteiger partial charge < -0.3 is 4.74 Å². The quantitative estimate of drug-likeness (QED) is 0.526. The van der Waals surface area contributed by atoms with Gasteiger partial charge in [-0.3, -0.25) is 10.1 Å². The monoisotopic (exact) mass is 318 g/mol. The molecule has 5 nitrogen and oxygen atoms in total. The van der Waals surface area contributed by atoms with Crippen LogP contribution in [-0.4, -0.2) is 17.0 Å². The lowest BCUT2D eigenvalue weighted by Crippen LogP contribution is -1.88. The lowest BCUT2D eigenvalue weighted by molar-refractivity contribution is -0.384. The summed E-state index contributed by atoms with van der Waals surface area (Å²) in [7, 11) is 1.57. The maximum absolute atomic E-state index is 10.7. The SMILES string of the molecule is COc1nc(-c2cccs2)sc1-c1ccc([N+](=O)[O-])cc1. The fourth-order valence-corrected chi connectivity index (χ4v) is 3.70. The van der Waals surface area contributed by atoms with Crippen molar-refractivity contribution in [2.75, 3.05) is 7.11 Å². The van der Waals surface area contributed by atoms with Crippen molar-refractivity contribution in [3.05, 3.63) is 51.9 Å². The molecule has 2 aromatic heterocycles. The molecule has 0 spiro atoms. The molecule has 21 heavy (non-hydrogen) atoms. The number of nitrogens with zero attached hydrogens (tertiary/aromatic N) is 2. The Hall–Kier alpha value is -2.25. The number of thiophene rings is 1. The van der Waals surface area contributed by atoms with E-state index < -0.39 is 4.92 Å². The van der Waals surface area contributed by atoms with E-state index in [1.807, 2.05) is 17.5 Å². The van der Waals surface area contributed by atoms with Crippen LogP contribution in [-0.2, 0) is 0 Å². The molecular weight excluding hydrogens is 308 g/mol. The lowest BCUT2D eigenvalue weighted by Gasteiger charge is -2.00. The fourth-order valence-electron chi connectivity index (χ4n) is 1.87. The molecule has 0 N–H and O–H groups in total. The molecule has 0 atom stereocenters.